The van der Waals surface area contributed by atoms with Crippen molar-refractivity contribution in [2.24, 2.45) is 0 Å². The summed E-state index contributed by atoms with van der Waals surface area (Å²) < 4.78 is 2.06. The van der Waals surface area contributed by atoms with Crippen molar-refractivity contribution in [1.29, 1.82) is 0 Å². The molecule has 0 fully saturated rings. The molecule has 162 valence electrons. The average molecular weight is 437 g/mol. The minimum atomic E-state index is -0.603. The van der Waals surface area contributed by atoms with Gasteiger partial charge in [-0.1, -0.05) is 29.8 Å². The fraction of sp³-hybridized carbons (Fsp3) is 0.292. The normalized spacial score (nSPS) is 11.7. The number of benzene rings is 2. The van der Waals surface area contributed by atoms with Crippen LogP contribution in [0.25, 0.3) is 0 Å². The number of amides is 2. The number of aromatic nitrogens is 2. The van der Waals surface area contributed by atoms with Gasteiger partial charge in [-0.15, -0.1) is 0 Å². The van der Waals surface area contributed by atoms with E-state index < -0.39 is 6.04 Å². The maximum absolute atomic E-state index is 12.9. The van der Waals surface area contributed by atoms with E-state index in [1.807, 2.05) is 68.8 Å². The second-order valence-electron chi connectivity index (χ2n) is 7.47. The summed E-state index contributed by atoms with van der Waals surface area (Å²) in [6, 6.07) is 14.5. The Labute approximate surface area is 187 Å². The van der Waals surface area contributed by atoms with E-state index in [1.165, 1.54) is 0 Å². The number of nitrogens with one attached hydrogen (secondary N) is 2. The third-order valence-corrected chi connectivity index (χ3v) is 5.65. The molecule has 7 heteroatoms. The van der Waals surface area contributed by atoms with Gasteiger partial charge in [0.25, 0.3) is 5.91 Å². The molecule has 1 heterocycles. The van der Waals surface area contributed by atoms with Gasteiger partial charge in [-0.2, -0.15) is 11.8 Å². The van der Waals surface area contributed by atoms with Crippen molar-refractivity contribution in [1.82, 2.24) is 14.9 Å². The van der Waals surface area contributed by atoms with Gasteiger partial charge in [-0.3, -0.25) is 9.59 Å². The number of imidazole rings is 1. The molecule has 3 aromatic rings. The minimum absolute atomic E-state index is 0.215. The molecular weight excluding hydrogens is 408 g/mol. The molecule has 2 amide bonds. The number of hydrogen-bond donors (Lipinski definition) is 2. The van der Waals surface area contributed by atoms with Crippen molar-refractivity contribution >= 4 is 29.3 Å². The molecule has 2 aromatic carbocycles. The topological polar surface area (TPSA) is 76.0 Å². The molecule has 0 aliphatic rings. The van der Waals surface area contributed by atoms with Crippen LogP contribution in [-0.4, -0.2) is 39.4 Å². The number of rotatable bonds is 9. The summed E-state index contributed by atoms with van der Waals surface area (Å²) in [5, 5.41) is 5.82. The average Bonchev–Trinajstić information content (AvgIpc) is 3.16. The summed E-state index contributed by atoms with van der Waals surface area (Å²) in [7, 11) is 0. The molecule has 0 aliphatic heterocycles. The van der Waals surface area contributed by atoms with Crippen molar-refractivity contribution in [2.45, 2.75) is 32.9 Å². The highest BCUT2D eigenvalue weighted by Gasteiger charge is 2.21. The zero-order valence-corrected chi connectivity index (χ0v) is 18.9. The highest BCUT2D eigenvalue weighted by Crippen LogP contribution is 2.13. The molecule has 1 aromatic heterocycles. The molecule has 2 N–H and O–H groups in total. The highest BCUT2D eigenvalue weighted by atomic mass is 32.2. The fourth-order valence-electron chi connectivity index (χ4n) is 3.22. The van der Waals surface area contributed by atoms with Crippen LogP contribution in [0.1, 0.15) is 33.7 Å². The molecule has 0 spiro atoms. The first kappa shape index (κ1) is 22.6. The quantitative estimate of drug-likeness (QED) is 0.531. The molecular formula is C24H28N4O2S. The second-order valence-corrected chi connectivity index (χ2v) is 8.45. The summed E-state index contributed by atoms with van der Waals surface area (Å²) in [5.41, 5.74) is 3.38. The van der Waals surface area contributed by atoms with Crippen LogP contribution in [0.2, 0.25) is 0 Å². The minimum Gasteiger partial charge on any atom is -0.340 e. The number of carbonyl (C=O) groups is 2. The molecule has 0 aliphatic carbocycles. The lowest BCUT2D eigenvalue weighted by Crippen LogP contribution is -2.44. The summed E-state index contributed by atoms with van der Waals surface area (Å²) in [6.45, 7) is 4.63. The lowest BCUT2D eigenvalue weighted by molar-refractivity contribution is -0.118. The Balaban J connectivity index is 1.64. The van der Waals surface area contributed by atoms with Crippen LogP contribution in [0.5, 0.6) is 0 Å². The van der Waals surface area contributed by atoms with Crippen LogP contribution < -0.4 is 10.6 Å². The van der Waals surface area contributed by atoms with Gasteiger partial charge in [0, 0.05) is 30.2 Å². The van der Waals surface area contributed by atoms with E-state index in [9.17, 15) is 9.59 Å². The first-order chi connectivity index (χ1) is 15.0. The molecule has 0 bridgehead atoms. The van der Waals surface area contributed by atoms with Gasteiger partial charge >= 0.3 is 0 Å². The summed E-state index contributed by atoms with van der Waals surface area (Å²) in [5.74, 6) is 1.28. The Morgan fingerprint density at radius 3 is 2.55 bits per heavy atom. The number of hydrogen-bond acceptors (Lipinski definition) is 4. The van der Waals surface area contributed by atoms with Crippen LogP contribution in [-0.2, 0) is 11.3 Å². The smallest absolute Gasteiger partial charge is 0.251 e. The van der Waals surface area contributed by atoms with Crippen LogP contribution in [0, 0.1) is 13.8 Å². The van der Waals surface area contributed by atoms with E-state index in [1.54, 1.807) is 24.0 Å². The second kappa shape index (κ2) is 10.8. The predicted molar refractivity (Wildman–Crippen MR) is 127 cm³/mol. The molecule has 31 heavy (non-hydrogen) atoms. The number of carbonyl (C=O) groups excluding carboxylic acids is 2. The first-order valence-corrected chi connectivity index (χ1v) is 11.6. The van der Waals surface area contributed by atoms with E-state index >= 15 is 0 Å². The van der Waals surface area contributed by atoms with Crippen LogP contribution in [0.15, 0.2) is 60.9 Å². The predicted octanol–water partition coefficient (Wildman–Crippen LogP) is 4.04. The number of nitrogens with zero attached hydrogens (tertiary/aromatic N) is 2. The maximum Gasteiger partial charge on any atom is 0.251 e. The number of anilines is 1. The summed E-state index contributed by atoms with van der Waals surface area (Å²) >= 11 is 1.64. The van der Waals surface area contributed by atoms with Crippen molar-refractivity contribution in [3.63, 3.8) is 0 Å². The third-order valence-electron chi connectivity index (χ3n) is 5.01. The largest absolute Gasteiger partial charge is 0.340 e. The van der Waals surface area contributed by atoms with E-state index in [2.05, 4.69) is 20.2 Å². The van der Waals surface area contributed by atoms with E-state index in [-0.39, 0.29) is 11.8 Å². The monoisotopic (exact) mass is 436 g/mol. The SMILES string of the molecule is CSCCC(NC(=O)c1cccc(C)c1)C(=O)Nc1ccc(Cn2ccnc2C)cc1. The van der Waals surface area contributed by atoms with Gasteiger partial charge in [0.1, 0.15) is 11.9 Å². The third kappa shape index (κ3) is 6.46. The van der Waals surface area contributed by atoms with Crippen molar-refractivity contribution < 1.29 is 9.59 Å². The zero-order chi connectivity index (χ0) is 22.2. The standard InChI is InChI=1S/C24H28N4O2S/c1-17-5-4-6-20(15-17)23(29)27-22(11-14-31-3)24(30)26-21-9-7-19(8-10-21)16-28-13-12-25-18(28)2/h4-10,12-13,15,22H,11,14,16H2,1-3H3,(H,26,30)(H,27,29). The van der Waals surface area contributed by atoms with Crippen molar-refractivity contribution in [3.05, 3.63) is 83.4 Å². The molecule has 0 saturated carbocycles. The molecule has 0 saturated heterocycles. The Kier molecular flexibility index (Phi) is 7.89. The van der Waals surface area contributed by atoms with Crippen LogP contribution in [0.3, 0.4) is 0 Å². The highest BCUT2D eigenvalue weighted by molar-refractivity contribution is 7.98. The van der Waals surface area contributed by atoms with Gasteiger partial charge in [-0.05, 0) is 62.1 Å². The van der Waals surface area contributed by atoms with E-state index in [0.29, 0.717) is 17.7 Å². The van der Waals surface area contributed by atoms with Gasteiger partial charge in [-0.25, -0.2) is 4.98 Å². The van der Waals surface area contributed by atoms with Gasteiger partial charge in [0.05, 0.1) is 0 Å². The fourth-order valence-corrected chi connectivity index (χ4v) is 3.69. The van der Waals surface area contributed by atoms with Crippen molar-refractivity contribution in [3.8, 4) is 0 Å². The lowest BCUT2D eigenvalue weighted by atomic mass is 10.1. The van der Waals surface area contributed by atoms with Gasteiger partial charge in [0.15, 0.2) is 0 Å². The summed E-state index contributed by atoms with van der Waals surface area (Å²) in [4.78, 5) is 29.8. The van der Waals surface area contributed by atoms with Gasteiger partial charge < -0.3 is 15.2 Å². The molecule has 1 unspecified atom stereocenters. The van der Waals surface area contributed by atoms with Crippen LogP contribution in [0.4, 0.5) is 5.69 Å². The first-order valence-electron chi connectivity index (χ1n) is 10.2. The number of aryl methyl sites for hydroxylation is 2. The van der Waals surface area contributed by atoms with Crippen molar-refractivity contribution in [2.75, 3.05) is 17.3 Å². The molecule has 3 rings (SSSR count). The van der Waals surface area contributed by atoms with E-state index in [4.69, 9.17) is 0 Å². The summed E-state index contributed by atoms with van der Waals surface area (Å²) in [6.07, 6.45) is 6.27. The number of thioether (sulfide) groups is 1. The van der Waals surface area contributed by atoms with E-state index in [0.717, 1.165) is 29.2 Å². The molecule has 0 radical (unpaired) electrons. The molecule has 1 atom stereocenters. The Hall–Kier alpha value is -3.06. The maximum atomic E-state index is 12.9. The van der Waals surface area contributed by atoms with Gasteiger partial charge in [0.2, 0.25) is 5.91 Å². The lowest BCUT2D eigenvalue weighted by Gasteiger charge is -2.18. The zero-order valence-electron chi connectivity index (χ0n) is 18.1. The van der Waals surface area contributed by atoms with Crippen LogP contribution >= 0.6 is 11.8 Å². The Morgan fingerprint density at radius 1 is 1.13 bits per heavy atom. The molecule has 6 nitrogen and oxygen atoms in total. The Bertz CT molecular complexity index is 1030. The Morgan fingerprint density at radius 2 is 1.90 bits per heavy atom.